The average Bonchev–Trinajstić information content (AvgIpc) is 2.89. The standard InChI is InChI=1S/C20H29N3O3S/c1-19(2,3)13-20(4,5)14-7-9-15(10-8-14)26-11-16-21-22-18(23(16)6)27-12-17(24)25/h7-10H,11-13H2,1-6H3,(H,24,25). The van der Waals surface area contributed by atoms with Crippen molar-refractivity contribution in [2.45, 2.75) is 58.2 Å². The van der Waals surface area contributed by atoms with Crippen LogP contribution in [-0.2, 0) is 23.9 Å². The molecule has 6 nitrogen and oxygen atoms in total. The number of carboxylic acid groups (broad SMARTS) is 1. The van der Waals surface area contributed by atoms with Crippen molar-refractivity contribution in [3.05, 3.63) is 35.7 Å². The van der Waals surface area contributed by atoms with Gasteiger partial charge in [0.05, 0.1) is 5.75 Å². The van der Waals surface area contributed by atoms with Gasteiger partial charge in [-0.2, -0.15) is 0 Å². The van der Waals surface area contributed by atoms with E-state index in [-0.39, 0.29) is 23.2 Å². The van der Waals surface area contributed by atoms with Crippen molar-refractivity contribution in [1.82, 2.24) is 14.8 Å². The fraction of sp³-hybridized carbons (Fsp3) is 0.550. The number of thioether (sulfide) groups is 1. The summed E-state index contributed by atoms with van der Waals surface area (Å²) < 4.78 is 7.59. The van der Waals surface area contributed by atoms with Gasteiger partial charge in [0.15, 0.2) is 11.0 Å². The number of carbonyl (C=O) groups is 1. The first-order chi connectivity index (χ1) is 12.5. The molecule has 0 saturated heterocycles. The van der Waals surface area contributed by atoms with Gasteiger partial charge in [-0.3, -0.25) is 4.79 Å². The second-order valence-corrected chi connectivity index (χ2v) is 9.52. The van der Waals surface area contributed by atoms with Crippen molar-refractivity contribution in [2.24, 2.45) is 12.5 Å². The summed E-state index contributed by atoms with van der Waals surface area (Å²) in [5.74, 6) is 0.502. The van der Waals surface area contributed by atoms with E-state index in [2.05, 4.69) is 56.9 Å². The third kappa shape index (κ3) is 6.27. The van der Waals surface area contributed by atoms with E-state index >= 15 is 0 Å². The van der Waals surface area contributed by atoms with Gasteiger partial charge in [-0.05, 0) is 34.9 Å². The third-order valence-electron chi connectivity index (χ3n) is 4.23. The zero-order valence-corrected chi connectivity index (χ0v) is 17.8. The fourth-order valence-electron chi connectivity index (χ4n) is 3.30. The number of aromatic nitrogens is 3. The Balaban J connectivity index is 1.98. The fourth-order valence-corrected chi connectivity index (χ4v) is 3.95. The Hall–Kier alpha value is -2.02. The van der Waals surface area contributed by atoms with Crippen molar-refractivity contribution in [1.29, 1.82) is 0 Å². The van der Waals surface area contributed by atoms with Gasteiger partial charge in [0, 0.05) is 7.05 Å². The number of carboxylic acids is 1. The SMILES string of the molecule is Cn1c(COc2ccc(C(C)(C)CC(C)(C)C)cc2)nnc1SCC(=O)O. The smallest absolute Gasteiger partial charge is 0.313 e. The first kappa shape index (κ1) is 21.3. The lowest BCUT2D eigenvalue weighted by atomic mass is 9.72. The van der Waals surface area contributed by atoms with Crippen LogP contribution in [0.25, 0.3) is 0 Å². The van der Waals surface area contributed by atoms with Gasteiger partial charge in [0.25, 0.3) is 0 Å². The molecule has 0 aliphatic heterocycles. The number of hydrogen-bond donors (Lipinski definition) is 1. The molecule has 7 heteroatoms. The Morgan fingerprint density at radius 3 is 2.33 bits per heavy atom. The van der Waals surface area contributed by atoms with E-state index in [1.54, 1.807) is 11.6 Å². The normalized spacial score (nSPS) is 12.2. The molecule has 148 valence electrons. The number of hydrogen-bond acceptors (Lipinski definition) is 5. The highest BCUT2D eigenvalue weighted by molar-refractivity contribution is 7.99. The van der Waals surface area contributed by atoms with E-state index in [0.29, 0.717) is 11.0 Å². The zero-order chi connectivity index (χ0) is 20.2. The topological polar surface area (TPSA) is 77.2 Å². The van der Waals surface area contributed by atoms with Gasteiger partial charge in [-0.15, -0.1) is 10.2 Å². The highest BCUT2D eigenvalue weighted by Crippen LogP contribution is 2.36. The summed E-state index contributed by atoms with van der Waals surface area (Å²) in [5, 5.41) is 17.4. The molecular formula is C20H29N3O3S. The monoisotopic (exact) mass is 391 g/mol. The van der Waals surface area contributed by atoms with Crippen molar-refractivity contribution < 1.29 is 14.6 Å². The summed E-state index contributed by atoms with van der Waals surface area (Å²) in [6, 6.07) is 8.20. The van der Waals surface area contributed by atoms with Crippen LogP contribution in [-0.4, -0.2) is 31.6 Å². The number of rotatable bonds is 8. The Kier molecular flexibility index (Phi) is 6.57. The summed E-state index contributed by atoms with van der Waals surface area (Å²) >= 11 is 1.14. The van der Waals surface area contributed by atoms with E-state index in [4.69, 9.17) is 9.84 Å². The molecule has 2 aromatic rings. The zero-order valence-electron chi connectivity index (χ0n) is 16.9. The quantitative estimate of drug-likeness (QED) is 0.677. The van der Waals surface area contributed by atoms with Gasteiger partial charge >= 0.3 is 5.97 Å². The van der Waals surface area contributed by atoms with Crippen molar-refractivity contribution in [3.63, 3.8) is 0 Å². The molecule has 0 aliphatic rings. The van der Waals surface area contributed by atoms with E-state index in [0.717, 1.165) is 23.9 Å². The van der Waals surface area contributed by atoms with Crippen LogP contribution in [0.4, 0.5) is 0 Å². The third-order valence-corrected chi connectivity index (χ3v) is 5.23. The maximum atomic E-state index is 10.7. The Labute approximate surface area is 165 Å². The van der Waals surface area contributed by atoms with Gasteiger partial charge in [0.2, 0.25) is 0 Å². The van der Waals surface area contributed by atoms with Crippen LogP contribution >= 0.6 is 11.8 Å². The molecule has 0 unspecified atom stereocenters. The molecule has 1 aromatic heterocycles. The van der Waals surface area contributed by atoms with Crippen molar-refractivity contribution in [3.8, 4) is 5.75 Å². The van der Waals surface area contributed by atoms with E-state index in [9.17, 15) is 4.79 Å². The molecule has 0 amide bonds. The Bertz CT molecular complexity index is 777. The number of nitrogens with zero attached hydrogens (tertiary/aromatic N) is 3. The van der Waals surface area contributed by atoms with Crippen LogP contribution in [0.5, 0.6) is 5.75 Å². The largest absolute Gasteiger partial charge is 0.486 e. The predicted octanol–water partition coefficient (Wildman–Crippen LogP) is 4.28. The summed E-state index contributed by atoms with van der Waals surface area (Å²) in [5.41, 5.74) is 1.65. The minimum atomic E-state index is -0.879. The van der Waals surface area contributed by atoms with Crippen molar-refractivity contribution in [2.75, 3.05) is 5.75 Å². The first-order valence-corrected chi connectivity index (χ1v) is 9.93. The first-order valence-electron chi connectivity index (χ1n) is 8.94. The lowest BCUT2D eigenvalue weighted by Gasteiger charge is -2.33. The minimum absolute atomic E-state index is 0.0430. The summed E-state index contributed by atoms with van der Waals surface area (Å²) in [6.07, 6.45) is 1.09. The second kappa shape index (κ2) is 8.33. The molecule has 2 rings (SSSR count). The molecule has 0 saturated carbocycles. The lowest BCUT2D eigenvalue weighted by molar-refractivity contribution is -0.133. The molecule has 1 N–H and O–H groups in total. The maximum Gasteiger partial charge on any atom is 0.313 e. The van der Waals surface area contributed by atoms with Crippen LogP contribution in [0.3, 0.4) is 0 Å². The molecule has 0 spiro atoms. The van der Waals surface area contributed by atoms with Gasteiger partial charge < -0.3 is 14.4 Å². The summed E-state index contributed by atoms with van der Waals surface area (Å²) in [6.45, 7) is 11.6. The highest BCUT2D eigenvalue weighted by atomic mass is 32.2. The van der Waals surface area contributed by atoms with E-state index in [1.165, 1.54) is 5.56 Å². The van der Waals surface area contributed by atoms with Crippen LogP contribution in [0, 0.1) is 5.41 Å². The Morgan fingerprint density at radius 1 is 1.15 bits per heavy atom. The average molecular weight is 392 g/mol. The van der Waals surface area contributed by atoms with Crippen LogP contribution in [0.2, 0.25) is 0 Å². The molecule has 0 aliphatic carbocycles. The molecule has 1 heterocycles. The molecular weight excluding hydrogens is 362 g/mol. The highest BCUT2D eigenvalue weighted by Gasteiger charge is 2.27. The van der Waals surface area contributed by atoms with Gasteiger partial charge in [0.1, 0.15) is 12.4 Å². The summed E-state index contributed by atoms with van der Waals surface area (Å²) in [4.78, 5) is 10.7. The van der Waals surface area contributed by atoms with Gasteiger partial charge in [-0.1, -0.05) is 58.5 Å². The number of benzene rings is 1. The van der Waals surface area contributed by atoms with Crippen LogP contribution < -0.4 is 4.74 Å². The number of aliphatic carboxylic acids is 1. The van der Waals surface area contributed by atoms with Gasteiger partial charge in [-0.25, -0.2) is 0 Å². The molecule has 0 bridgehead atoms. The molecule has 1 aromatic carbocycles. The summed E-state index contributed by atoms with van der Waals surface area (Å²) in [7, 11) is 1.81. The number of ether oxygens (including phenoxy) is 1. The molecule has 27 heavy (non-hydrogen) atoms. The minimum Gasteiger partial charge on any atom is -0.486 e. The Morgan fingerprint density at radius 2 is 1.78 bits per heavy atom. The molecule has 0 fully saturated rings. The molecule has 0 atom stereocenters. The van der Waals surface area contributed by atoms with E-state index < -0.39 is 5.97 Å². The predicted molar refractivity (Wildman–Crippen MR) is 107 cm³/mol. The maximum absolute atomic E-state index is 10.7. The van der Waals surface area contributed by atoms with E-state index in [1.807, 2.05) is 12.1 Å². The molecule has 0 radical (unpaired) electrons. The van der Waals surface area contributed by atoms with Crippen molar-refractivity contribution >= 4 is 17.7 Å². The second-order valence-electron chi connectivity index (χ2n) is 8.57. The lowest BCUT2D eigenvalue weighted by Crippen LogP contribution is -2.24. The van der Waals surface area contributed by atoms with Crippen LogP contribution in [0.15, 0.2) is 29.4 Å². The van der Waals surface area contributed by atoms with Crippen LogP contribution in [0.1, 0.15) is 52.4 Å².